The molecule has 1 aliphatic rings. The highest BCUT2D eigenvalue weighted by Gasteiger charge is 2.41. The summed E-state index contributed by atoms with van der Waals surface area (Å²) in [6.45, 7) is 0.774. The molecule has 6 heteroatoms. The van der Waals surface area contributed by atoms with Crippen molar-refractivity contribution in [1.29, 1.82) is 0 Å². The number of hydrogen-bond donors (Lipinski definition) is 1. The number of methoxy groups -OCH3 is 1. The van der Waals surface area contributed by atoms with Crippen LogP contribution in [0.25, 0.3) is 0 Å². The maximum Gasteiger partial charge on any atom is 0.255 e. The number of halogens is 1. The highest BCUT2D eigenvalue weighted by molar-refractivity contribution is 9.10. The lowest BCUT2D eigenvalue weighted by Gasteiger charge is -2.25. The van der Waals surface area contributed by atoms with Gasteiger partial charge in [-0.05, 0) is 41.8 Å². The zero-order valence-electron chi connectivity index (χ0n) is 17.2. The van der Waals surface area contributed by atoms with Gasteiger partial charge in [-0.2, -0.15) is 0 Å². The van der Waals surface area contributed by atoms with Gasteiger partial charge in [0.15, 0.2) is 0 Å². The fourth-order valence-corrected chi connectivity index (χ4v) is 4.35. The summed E-state index contributed by atoms with van der Waals surface area (Å²) in [6, 6.07) is 22.3. The summed E-state index contributed by atoms with van der Waals surface area (Å²) >= 11 is 3.48. The molecule has 3 aromatic rings. The van der Waals surface area contributed by atoms with Crippen LogP contribution in [-0.4, -0.2) is 30.4 Å². The van der Waals surface area contributed by atoms with Crippen molar-refractivity contribution < 1.29 is 14.3 Å². The molecule has 5 nitrogen and oxygen atoms in total. The fraction of sp³-hybridized carbons (Fsp3) is 0.200. The molecule has 0 fully saturated rings. The molecule has 0 saturated carbocycles. The highest BCUT2D eigenvalue weighted by Crippen LogP contribution is 2.36. The van der Waals surface area contributed by atoms with Gasteiger partial charge >= 0.3 is 0 Å². The topological polar surface area (TPSA) is 58.6 Å². The van der Waals surface area contributed by atoms with E-state index in [4.69, 9.17) is 4.74 Å². The minimum absolute atomic E-state index is 0.152. The van der Waals surface area contributed by atoms with E-state index in [0.717, 1.165) is 27.6 Å². The number of amides is 2. The summed E-state index contributed by atoms with van der Waals surface area (Å²) < 4.78 is 6.36. The summed E-state index contributed by atoms with van der Waals surface area (Å²) in [6.07, 6.45) is 0.731. The Labute approximate surface area is 190 Å². The SMILES string of the molecule is COc1ccc(Br)cc1CN1C(=O)c2ccccc2[C@@H]1C(=O)NCCc1ccccc1. The maximum atomic E-state index is 13.2. The molecule has 0 aromatic heterocycles. The molecule has 1 aliphatic heterocycles. The van der Waals surface area contributed by atoms with Gasteiger partial charge in [0.2, 0.25) is 5.91 Å². The molecule has 31 heavy (non-hydrogen) atoms. The first kappa shape index (κ1) is 21.1. The van der Waals surface area contributed by atoms with Gasteiger partial charge in [-0.3, -0.25) is 9.59 Å². The van der Waals surface area contributed by atoms with E-state index in [2.05, 4.69) is 21.2 Å². The standard InChI is InChI=1S/C25H23BrN2O3/c1-31-22-12-11-19(26)15-18(22)16-28-23(20-9-5-6-10-21(20)25(28)30)24(29)27-14-13-17-7-3-2-4-8-17/h2-12,15,23H,13-14,16H2,1H3,(H,27,29)/t23-/m1/s1. The van der Waals surface area contributed by atoms with Crippen LogP contribution in [0.3, 0.4) is 0 Å². The van der Waals surface area contributed by atoms with E-state index in [9.17, 15) is 9.59 Å². The molecule has 158 valence electrons. The first-order chi connectivity index (χ1) is 15.1. The van der Waals surface area contributed by atoms with Gasteiger partial charge in [0, 0.05) is 22.1 Å². The summed E-state index contributed by atoms with van der Waals surface area (Å²) in [5.74, 6) is 0.347. The van der Waals surface area contributed by atoms with Crippen LogP contribution in [-0.2, 0) is 17.8 Å². The molecule has 0 saturated heterocycles. The highest BCUT2D eigenvalue weighted by atomic mass is 79.9. The maximum absolute atomic E-state index is 13.2. The van der Waals surface area contributed by atoms with E-state index in [0.29, 0.717) is 17.9 Å². The Morgan fingerprint density at radius 3 is 2.58 bits per heavy atom. The molecule has 0 spiro atoms. The first-order valence-corrected chi connectivity index (χ1v) is 10.9. The summed E-state index contributed by atoms with van der Waals surface area (Å²) in [5, 5.41) is 3.02. The van der Waals surface area contributed by atoms with E-state index < -0.39 is 6.04 Å². The summed E-state index contributed by atoms with van der Waals surface area (Å²) in [7, 11) is 1.60. The molecule has 0 radical (unpaired) electrons. The van der Waals surface area contributed by atoms with Crippen molar-refractivity contribution >= 4 is 27.7 Å². The molecule has 1 heterocycles. The number of carbonyl (C=O) groups is 2. The molecular weight excluding hydrogens is 456 g/mol. The van der Waals surface area contributed by atoms with E-state index in [1.54, 1.807) is 18.1 Å². The Morgan fingerprint density at radius 1 is 1.06 bits per heavy atom. The van der Waals surface area contributed by atoms with Crippen molar-refractivity contribution in [2.45, 2.75) is 19.0 Å². The number of nitrogens with zero attached hydrogens (tertiary/aromatic N) is 1. The summed E-state index contributed by atoms with van der Waals surface area (Å²) in [5.41, 5.74) is 3.29. The van der Waals surface area contributed by atoms with Crippen LogP contribution in [0.4, 0.5) is 0 Å². The number of fused-ring (bicyclic) bond motifs is 1. The Kier molecular flexibility index (Phi) is 6.37. The van der Waals surface area contributed by atoms with Gasteiger partial charge < -0.3 is 15.0 Å². The van der Waals surface area contributed by atoms with Crippen molar-refractivity contribution in [2.75, 3.05) is 13.7 Å². The first-order valence-electron chi connectivity index (χ1n) is 10.1. The second-order valence-electron chi connectivity index (χ2n) is 7.41. The summed E-state index contributed by atoms with van der Waals surface area (Å²) in [4.78, 5) is 28.0. The fourth-order valence-electron chi connectivity index (χ4n) is 3.94. The molecule has 1 atom stereocenters. The number of carbonyl (C=O) groups excluding carboxylic acids is 2. The number of hydrogen-bond acceptors (Lipinski definition) is 3. The third kappa shape index (κ3) is 4.49. The number of benzene rings is 3. The predicted molar refractivity (Wildman–Crippen MR) is 123 cm³/mol. The minimum Gasteiger partial charge on any atom is -0.496 e. The van der Waals surface area contributed by atoms with Crippen molar-refractivity contribution in [2.24, 2.45) is 0 Å². The zero-order valence-corrected chi connectivity index (χ0v) is 18.8. The molecule has 2 amide bonds. The van der Waals surface area contributed by atoms with Gasteiger partial charge in [0.05, 0.1) is 13.7 Å². The monoisotopic (exact) mass is 478 g/mol. The second-order valence-corrected chi connectivity index (χ2v) is 8.32. The molecular formula is C25H23BrN2O3. The quantitative estimate of drug-likeness (QED) is 0.543. The largest absolute Gasteiger partial charge is 0.496 e. The predicted octanol–water partition coefficient (Wildman–Crippen LogP) is 4.51. The van der Waals surface area contributed by atoms with E-state index in [1.165, 1.54) is 0 Å². The van der Waals surface area contributed by atoms with Crippen LogP contribution in [0.5, 0.6) is 5.75 Å². The van der Waals surface area contributed by atoms with Crippen LogP contribution in [0.15, 0.2) is 77.3 Å². The Bertz CT molecular complexity index is 1100. The van der Waals surface area contributed by atoms with Crippen LogP contribution in [0.2, 0.25) is 0 Å². The zero-order chi connectivity index (χ0) is 21.8. The smallest absolute Gasteiger partial charge is 0.255 e. The third-order valence-electron chi connectivity index (χ3n) is 5.45. The molecule has 4 rings (SSSR count). The molecule has 0 unspecified atom stereocenters. The molecule has 3 aromatic carbocycles. The van der Waals surface area contributed by atoms with Crippen LogP contribution in [0, 0.1) is 0 Å². The van der Waals surface area contributed by atoms with Gasteiger partial charge in [-0.25, -0.2) is 0 Å². The van der Waals surface area contributed by atoms with Crippen molar-refractivity contribution in [3.05, 3.63) is 99.5 Å². The van der Waals surface area contributed by atoms with Crippen molar-refractivity contribution in [1.82, 2.24) is 10.2 Å². The van der Waals surface area contributed by atoms with Crippen LogP contribution >= 0.6 is 15.9 Å². The van der Waals surface area contributed by atoms with Crippen molar-refractivity contribution in [3.8, 4) is 5.75 Å². The number of ether oxygens (including phenoxy) is 1. The lowest BCUT2D eigenvalue weighted by Crippen LogP contribution is -2.39. The van der Waals surface area contributed by atoms with Crippen LogP contribution in [0.1, 0.15) is 33.1 Å². The van der Waals surface area contributed by atoms with Crippen LogP contribution < -0.4 is 10.1 Å². The Hall–Kier alpha value is -3.12. The Balaban J connectivity index is 1.57. The van der Waals surface area contributed by atoms with E-state index >= 15 is 0 Å². The number of rotatable bonds is 7. The van der Waals surface area contributed by atoms with Gasteiger partial charge in [0.1, 0.15) is 11.8 Å². The van der Waals surface area contributed by atoms with E-state index in [-0.39, 0.29) is 18.4 Å². The third-order valence-corrected chi connectivity index (χ3v) is 5.94. The van der Waals surface area contributed by atoms with Gasteiger partial charge in [0.25, 0.3) is 5.91 Å². The average molecular weight is 479 g/mol. The number of nitrogens with one attached hydrogen (secondary N) is 1. The molecule has 0 bridgehead atoms. The Morgan fingerprint density at radius 2 is 1.81 bits per heavy atom. The average Bonchev–Trinajstić information content (AvgIpc) is 3.06. The second kappa shape index (κ2) is 9.35. The lowest BCUT2D eigenvalue weighted by atomic mass is 10.0. The molecule has 0 aliphatic carbocycles. The minimum atomic E-state index is -0.678. The lowest BCUT2D eigenvalue weighted by molar-refractivity contribution is -0.125. The molecule has 1 N–H and O–H groups in total. The normalized spacial score (nSPS) is 15.0. The van der Waals surface area contributed by atoms with Gasteiger partial charge in [-0.15, -0.1) is 0 Å². The van der Waals surface area contributed by atoms with E-state index in [1.807, 2.05) is 66.7 Å². The van der Waals surface area contributed by atoms with Crippen molar-refractivity contribution in [3.63, 3.8) is 0 Å². The van der Waals surface area contributed by atoms with Gasteiger partial charge in [-0.1, -0.05) is 64.5 Å².